The standard InChI is InChI=1S/C17H18O2/c1-12-7-8-17-15(9-12)16(18)11-14(19-17)10-13-5-3-2-4-6-13/h2-9,14,16,18H,10-11H2,1H3/t14?,16-/m1/s1. The summed E-state index contributed by atoms with van der Waals surface area (Å²) >= 11 is 0. The van der Waals surface area contributed by atoms with Crippen molar-refractivity contribution in [2.75, 3.05) is 0 Å². The molecule has 2 atom stereocenters. The predicted molar refractivity (Wildman–Crippen MR) is 75.3 cm³/mol. The maximum Gasteiger partial charge on any atom is 0.125 e. The molecule has 0 spiro atoms. The number of rotatable bonds is 2. The average Bonchev–Trinajstić information content (AvgIpc) is 2.41. The zero-order valence-corrected chi connectivity index (χ0v) is 11.0. The summed E-state index contributed by atoms with van der Waals surface area (Å²) in [7, 11) is 0. The summed E-state index contributed by atoms with van der Waals surface area (Å²) in [4.78, 5) is 0. The summed E-state index contributed by atoms with van der Waals surface area (Å²) in [5.74, 6) is 0.824. The van der Waals surface area contributed by atoms with Crippen molar-refractivity contribution in [3.8, 4) is 5.75 Å². The molecule has 98 valence electrons. The van der Waals surface area contributed by atoms with Crippen molar-refractivity contribution in [1.29, 1.82) is 0 Å². The molecule has 3 rings (SSSR count). The molecule has 2 aromatic carbocycles. The van der Waals surface area contributed by atoms with E-state index < -0.39 is 6.10 Å². The number of fused-ring (bicyclic) bond motifs is 1. The van der Waals surface area contributed by atoms with Crippen LogP contribution >= 0.6 is 0 Å². The molecule has 0 aliphatic carbocycles. The van der Waals surface area contributed by atoms with Crippen LogP contribution in [0.4, 0.5) is 0 Å². The molecule has 1 heterocycles. The molecule has 0 bridgehead atoms. The molecular formula is C17H18O2. The van der Waals surface area contributed by atoms with Crippen LogP contribution < -0.4 is 4.74 Å². The summed E-state index contributed by atoms with van der Waals surface area (Å²) < 4.78 is 6.00. The summed E-state index contributed by atoms with van der Waals surface area (Å²) in [6, 6.07) is 16.3. The van der Waals surface area contributed by atoms with Crippen LogP contribution in [-0.2, 0) is 6.42 Å². The summed E-state index contributed by atoms with van der Waals surface area (Å²) in [5, 5.41) is 10.3. The lowest BCUT2D eigenvalue weighted by atomic mass is 9.94. The van der Waals surface area contributed by atoms with Crippen LogP contribution in [-0.4, -0.2) is 11.2 Å². The molecule has 0 amide bonds. The third-order valence-electron chi connectivity index (χ3n) is 3.61. The van der Waals surface area contributed by atoms with E-state index in [1.54, 1.807) is 0 Å². The monoisotopic (exact) mass is 254 g/mol. The Morgan fingerprint density at radius 1 is 1.16 bits per heavy atom. The van der Waals surface area contributed by atoms with E-state index >= 15 is 0 Å². The zero-order valence-electron chi connectivity index (χ0n) is 11.0. The maximum absolute atomic E-state index is 10.3. The Morgan fingerprint density at radius 3 is 2.74 bits per heavy atom. The Morgan fingerprint density at radius 2 is 1.95 bits per heavy atom. The normalized spacial score (nSPS) is 21.6. The van der Waals surface area contributed by atoms with Gasteiger partial charge >= 0.3 is 0 Å². The molecule has 0 fully saturated rings. The van der Waals surface area contributed by atoms with Gasteiger partial charge < -0.3 is 9.84 Å². The van der Waals surface area contributed by atoms with E-state index in [1.807, 2.05) is 43.3 Å². The van der Waals surface area contributed by atoms with Crippen LogP contribution in [0.25, 0.3) is 0 Å². The molecule has 1 N–H and O–H groups in total. The van der Waals surface area contributed by atoms with Crippen LogP contribution in [0.2, 0.25) is 0 Å². The fourth-order valence-corrected chi connectivity index (χ4v) is 2.64. The van der Waals surface area contributed by atoms with Gasteiger partial charge in [0.15, 0.2) is 0 Å². The molecule has 1 unspecified atom stereocenters. The largest absolute Gasteiger partial charge is 0.490 e. The van der Waals surface area contributed by atoms with Gasteiger partial charge in [-0.3, -0.25) is 0 Å². The second-order valence-corrected chi connectivity index (χ2v) is 5.22. The minimum absolute atomic E-state index is 0.0487. The number of hydrogen-bond donors (Lipinski definition) is 1. The van der Waals surface area contributed by atoms with E-state index in [-0.39, 0.29) is 6.10 Å². The fourth-order valence-electron chi connectivity index (χ4n) is 2.64. The molecular weight excluding hydrogens is 236 g/mol. The maximum atomic E-state index is 10.3. The first-order chi connectivity index (χ1) is 9.22. The third-order valence-corrected chi connectivity index (χ3v) is 3.61. The zero-order chi connectivity index (χ0) is 13.2. The van der Waals surface area contributed by atoms with Gasteiger partial charge in [0.25, 0.3) is 0 Å². The Labute approximate surface area is 113 Å². The molecule has 1 aliphatic rings. The third kappa shape index (κ3) is 2.64. The van der Waals surface area contributed by atoms with Crippen molar-refractivity contribution in [2.24, 2.45) is 0 Å². The van der Waals surface area contributed by atoms with Crippen LogP contribution in [0.3, 0.4) is 0 Å². The number of hydrogen-bond acceptors (Lipinski definition) is 2. The van der Waals surface area contributed by atoms with Crippen molar-refractivity contribution in [2.45, 2.75) is 32.0 Å². The number of aryl methyl sites for hydroxylation is 1. The molecule has 0 saturated carbocycles. The van der Waals surface area contributed by atoms with Crippen molar-refractivity contribution in [1.82, 2.24) is 0 Å². The van der Waals surface area contributed by atoms with Gasteiger partial charge in [-0.25, -0.2) is 0 Å². The first-order valence-corrected chi connectivity index (χ1v) is 6.71. The van der Waals surface area contributed by atoms with Gasteiger partial charge in [0.1, 0.15) is 11.9 Å². The summed E-state index contributed by atoms with van der Waals surface area (Å²) in [5.41, 5.74) is 3.32. The van der Waals surface area contributed by atoms with Gasteiger partial charge in [0, 0.05) is 18.4 Å². The smallest absolute Gasteiger partial charge is 0.125 e. The number of ether oxygens (including phenoxy) is 1. The highest BCUT2D eigenvalue weighted by atomic mass is 16.5. The van der Waals surface area contributed by atoms with E-state index in [0.29, 0.717) is 6.42 Å². The topological polar surface area (TPSA) is 29.5 Å². The Balaban J connectivity index is 1.80. The molecule has 0 radical (unpaired) electrons. The first kappa shape index (κ1) is 12.2. The van der Waals surface area contributed by atoms with Crippen molar-refractivity contribution in [3.05, 3.63) is 65.2 Å². The van der Waals surface area contributed by atoms with E-state index in [4.69, 9.17) is 4.74 Å². The van der Waals surface area contributed by atoms with Gasteiger partial charge in [-0.05, 0) is 24.6 Å². The molecule has 2 aromatic rings. The van der Waals surface area contributed by atoms with Crippen LogP contribution in [0.1, 0.15) is 29.2 Å². The van der Waals surface area contributed by atoms with Crippen molar-refractivity contribution in [3.63, 3.8) is 0 Å². The van der Waals surface area contributed by atoms with Gasteiger partial charge in [0.05, 0.1) is 6.10 Å². The van der Waals surface area contributed by atoms with E-state index in [0.717, 1.165) is 23.3 Å². The fraction of sp³-hybridized carbons (Fsp3) is 0.294. The summed E-state index contributed by atoms with van der Waals surface area (Å²) in [6.45, 7) is 2.03. The molecule has 19 heavy (non-hydrogen) atoms. The molecule has 1 aliphatic heterocycles. The SMILES string of the molecule is Cc1ccc2c(c1)[C@H](O)CC(Cc1ccccc1)O2. The Bertz CT molecular complexity index is 563. The number of aliphatic hydroxyl groups is 1. The highest BCUT2D eigenvalue weighted by molar-refractivity contribution is 5.40. The number of benzene rings is 2. The lowest BCUT2D eigenvalue weighted by Gasteiger charge is -2.30. The lowest BCUT2D eigenvalue weighted by molar-refractivity contribution is 0.0662. The minimum Gasteiger partial charge on any atom is -0.490 e. The van der Waals surface area contributed by atoms with Crippen molar-refractivity contribution >= 4 is 0 Å². The van der Waals surface area contributed by atoms with Gasteiger partial charge in [0.2, 0.25) is 0 Å². The second-order valence-electron chi connectivity index (χ2n) is 5.22. The van der Waals surface area contributed by atoms with Gasteiger partial charge in [-0.15, -0.1) is 0 Å². The van der Waals surface area contributed by atoms with Crippen LogP contribution in [0.5, 0.6) is 5.75 Å². The van der Waals surface area contributed by atoms with E-state index in [9.17, 15) is 5.11 Å². The highest BCUT2D eigenvalue weighted by Gasteiger charge is 2.26. The minimum atomic E-state index is -0.419. The van der Waals surface area contributed by atoms with Crippen LogP contribution in [0.15, 0.2) is 48.5 Å². The number of aliphatic hydroxyl groups excluding tert-OH is 1. The van der Waals surface area contributed by atoms with Crippen LogP contribution in [0, 0.1) is 6.92 Å². The van der Waals surface area contributed by atoms with E-state index in [1.165, 1.54) is 5.56 Å². The van der Waals surface area contributed by atoms with Crippen molar-refractivity contribution < 1.29 is 9.84 Å². The summed E-state index contributed by atoms with van der Waals surface area (Å²) in [6.07, 6.45) is 1.13. The highest BCUT2D eigenvalue weighted by Crippen LogP contribution is 2.36. The lowest BCUT2D eigenvalue weighted by Crippen LogP contribution is -2.27. The molecule has 0 saturated heterocycles. The molecule has 2 nitrogen and oxygen atoms in total. The molecule has 0 aromatic heterocycles. The Kier molecular flexibility index (Phi) is 3.26. The predicted octanol–water partition coefficient (Wildman–Crippen LogP) is 3.42. The first-order valence-electron chi connectivity index (χ1n) is 6.71. The molecule has 2 heteroatoms. The van der Waals surface area contributed by atoms with Gasteiger partial charge in [-0.1, -0.05) is 42.0 Å². The quantitative estimate of drug-likeness (QED) is 0.889. The second kappa shape index (κ2) is 5.06. The average molecular weight is 254 g/mol. The van der Waals surface area contributed by atoms with E-state index in [2.05, 4.69) is 12.1 Å². The Hall–Kier alpha value is -1.80. The van der Waals surface area contributed by atoms with Gasteiger partial charge in [-0.2, -0.15) is 0 Å².